The minimum atomic E-state index is 0.212. The molecule has 1 amide bonds. The highest BCUT2D eigenvalue weighted by Gasteiger charge is 2.28. The number of carbonyl (C=O) groups excluding carboxylic acids is 1. The SMILES string of the molecule is CC(=O)N1CC(C)CC1I. The van der Waals surface area contributed by atoms with Gasteiger partial charge >= 0.3 is 0 Å². The van der Waals surface area contributed by atoms with Crippen molar-refractivity contribution < 1.29 is 4.79 Å². The van der Waals surface area contributed by atoms with Gasteiger partial charge in [-0.15, -0.1) is 0 Å². The maximum atomic E-state index is 10.9. The average Bonchev–Trinajstić information content (AvgIpc) is 2.10. The molecule has 1 heterocycles. The molecular formula is C7H12INO. The first-order valence-electron chi connectivity index (χ1n) is 3.52. The van der Waals surface area contributed by atoms with Crippen molar-refractivity contribution in [1.82, 2.24) is 4.90 Å². The Labute approximate surface area is 75.1 Å². The van der Waals surface area contributed by atoms with Gasteiger partial charge in [0.25, 0.3) is 0 Å². The van der Waals surface area contributed by atoms with Gasteiger partial charge in [0.15, 0.2) is 0 Å². The number of rotatable bonds is 0. The fraction of sp³-hybridized carbons (Fsp3) is 0.857. The Morgan fingerprint density at radius 3 is 2.50 bits per heavy atom. The van der Waals surface area contributed by atoms with Crippen LogP contribution >= 0.6 is 22.6 Å². The zero-order valence-corrected chi connectivity index (χ0v) is 8.46. The molecule has 0 spiro atoms. The van der Waals surface area contributed by atoms with Crippen molar-refractivity contribution >= 4 is 28.5 Å². The Morgan fingerprint density at radius 2 is 2.30 bits per heavy atom. The molecule has 0 radical (unpaired) electrons. The van der Waals surface area contributed by atoms with E-state index in [1.54, 1.807) is 6.92 Å². The summed E-state index contributed by atoms with van der Waals surface area (Å²) in [4.78, 5) is 12.9. The van der Waals surface area contributed by atoms with Gasteiger partial charge in [0.05, 0.1) is 4.05 Å². The molecular weight excluding hydrogens is 241 g/mol. The van der Waals surface area contributed by atoms with Gasteiger partial charge in [-0.1, -0.05) is 29.5 Å². The van der Waals surface area contributed by atoms with Crippen LogP contribution in [0.3, 0.4) is 0 Å². The fourth-order valence-corrected chi connectivity index (χ4v) is 2.80. The zero-order chi connectivity index (χ0) is 7.72. The number of hydrogen-bond donors (Lipinski definition) is 0. The largest absolute Gasteiger partial charge is 0.331 e. The Morgan fingerprint density at radius 1 is 1.70 bits per heavy atom. The van der Waals surface area contributed by atoms with Crippen LogP contribution in [0.5, 0.6) is 0 Å². The average molecular weight is 253 g/mol. The molecule has 0 aromatic carbocycles. The number of hydrogen-bond acceptors (Lipinski definition) is 1. The van der Waals surface area contributed by atoms with Crippen molar-refractivity contribution in [1.29, 1.82) is 0 Å². The molecule has 0 N–H and O–H groups in total. The van der Waals surface area contributed by atoms with Crippen LogP contribution in [0.4, 0.5) is 0 Å². The van der Waals surface area contributed by atoms with Gasteiger partial charge in [-0.2, -0.15) is 0 Å². The molecule has 58 valence electrons. The molecule has 0 aliphatic carbocycles. The van der Waals surface area contributed by atoms with E-state index in [0.717, 1.165) is 13.0 Å². The summed E-state index contributed by atoms with van der Waals surface area (Å²) in [6.07, 6.45) is 1.15. The van der Waals surface area contributed by atoms with E-state index in [4.69, 9.17) is 0 Å². The van der Waals surface area contributed by atoms with Crippen molar-refractivity contribution in [3.63, 3.8) is 0 Å². The Kier molecular flexibility index (Phi) is 2.55. The van der Waals surface area contributed by atoms with Crippen LogP contribution in [0.15, 0.2) is 0 Å². The normalized spacial score (nSPS) is 32.9. The van der Waals surface area contributed by atoms with E-state index in [9.17, 15) is 4.79 Å². The zero-order valence-electron chi connectivity index (χ0n) is 6.30. The fourth-order valence-electron chi connectivity index (χ4n) is 1.31. The van der Waals surface area contributed by atoms with E-state index in [1.165, 1.54) is 0 Å². The van der Waals surface area contributed by atoms with Crippen LogP contribution in [0.1, 0.15) is 20.3 Å². The number of likely N-dealkylation sites (tertiary alicyclic amines) is 1. The van der Waals surface area contributed by atoms with Crippen LogP contribution < -0.4 is 0 Å². The highest BCUT2D eigenvalue weighted by molar-refractivity contribution is 14.1. The molecule has 0 bridgehead atoms. The lowest BCUT2D eigenvalue weighted by molar-refractivity contribution is -0.128. The molecule has 10 heavy (non-hydrogen) atoms. The molecule has 1 saturated heterocycles. The number of halogens is 1. The van der Waals surface area contributed by atoms with Crippen LogP contribution in [0.25, 0.3) is 0 Å². The molecule has 2 nitrogen and oxygen atoms in total. The Balaban J connectivity index is 2.54. The molecule has 1 fully saturated rings. The van der Waals surface area contributed by atoms with Crippen molar-refractivity contribution in [2.45, 2.75) is 24.3 Å². The molecule has 2 unspecified atom stereocenters. The third kappa shape index (κ3) is 1.62. The first-order valence-corrected chi connectivity index (χ1v) is 4.77. The van der Waals surface area contributed by atoms with Gasteiger partial charge in [-0.3, -0.25) is 4.79 Å². The molecule has 0 aromatic rings. The van der Waals surface area contributed by atoms with Gasteiger partial charge in [0.2, 0.25) is 5.91 Å². The number of amides is 1. The van der Waals surface area contributed by atoms with Gasteiger partial charge in [-0.25, -0.2) is 0 Å². The molecule has 1 rings (SSSR count). The lowest BCUT2D eigenvalue weighted by atomic mass is 10.2. The molecule has 0 saturated carbocycles. The minimum Gasteiger partial charge on any atom is -0.331 e. The predicted molar refractivity (Wildman–Crippen MR) is 49.0 cm³/mol. The molecule has 3 heteroatoms. The summed E-state index contributed by atoms with van der Waals surface area (Å²) < 4.78 is 0.435. The maximum Gasteiger partial charge on any atom is 0.220 e. The highest BCUT2D eigenvalue weighted by atomic mass is 127. The summed E-state index contributed by atoms with van der Waals surface area (Å²) in [5.74, 6) is 0.898. The lowest BCUT2D eigenvalue weighted by Crippen LogP contribution is -2.29. The Bertz CT molecular complexity index is 149. The number of alkyl halides is 1. The second kappa shape index (κ2) is 3.07. The van der Waals surface area contributed by atoms with Gasteiger partial charge in [-0.05, 0) is 12.3 Å². The van der Waals surface area contributed by atoms with Crippen LogP contribution in [-0.2, 0) is 4.79 Å². The third-order valence-corrected chi connectivity index (χ3v) is 3.03. The predicted octanol–water partition coefficient (Wildman–Crippen LogP) is 1.64. The van der Waals surface area contributed by atoms with Crippen molar-refractivity contribution in [3.8, 4) is 0 Å². The van der Waals surface area contributed by atoms with E-state index in [0.29, 0.717) is 9.97 Å². The quantitative estimate of drug-likeness (QED) is 0.365. The van der Waals surface area contributed by atoms with Crippen molar-refractivity contribution in [3.05, 3.63) is 0 Å². The van der Waals surface area contributed by atoms with E-state index in [-0.39, 0.29) is 5.91 Å². The van der Waals surface area contributed by atoms with Crippen LogP contribution in [0, 0.1) is 5.92 Å². The highest BCUT2D eigenvalue weighted by Crippen LogP contribution is 2.26. The topological polar surface area (TPSA) is 20.3 Å². The summed E-state index contributed by atoms with van der Waals surface area (Å²) in [6.45, 7) is 4.78. The summed E-state index contributed by atoms with van der Waals surface area (Å²) in [5, 5.41) is 0. The van der Waals surface area contributed by atoms with E-state index in [2.05, 4.69) is 29.5 Å². The first kappa shape index (κ1) is 8.30. The smallest absolute Gasteiger partial charge is 0.220 e. The standard InChI is InChI=1S/C7H12INO/c1-5-3-7(8)9(4-5)6(2)10/h5,7H,3-4H2,1-2H3. The van der Waals surface area contributed by atoms with Gasteiger partial charge in [0.1, 0.15) is 0 Å². The summed E-state index contributed by atoms with van der Waals surface area (Å²) in [5.41, 5.74) is 0. The molecule has 1 aliphatic rings. The molecule has 2 atom stereocenters. The molecule has 1 aliphatic heterocycles. The minimum absolute atomic E-state index is 0.212. The monoisotopic (exact) mass is 253 g/mol. The second-order valence-corrected chi connectivity index (χ2v) is 4.38. The molecule has 0 aromatic heterocycles. The lowest BCUT2D eigenvalue weighted by Gasteiger charge is -2.17. The second-order valence-electron chi connectivity index (χ2n) is 2.95. The Hall–Kier alpha value is 0.200. The van der Waals surface area contributed by atoms with E-state index in [1.807, 2.05) is 4.90 Å². The van der Waals surface area contributed by atoms with Crippen molar-refractivity contribution in [2.24, 2.45) is 5.92 Å². The number of carbonyl (C=O) groups is 1. The van der Waals surface area contributed by atoms with Crippen LogP contribution in [0.2, 0.25) is 0 Å². The van der Waals surface area contributed by atoms with Gasteiger partial charge < -0.3 is 4.90 Å². The van der Waals surface area contributed by atoms with Crippen LogP contribution in [-0.4, -0.2) is 21.4 Å². The summed E-state index contributed by atoms with van der Waals surface area (Å²) in [7, 11) is 0. The summed E-state index contributed by atoms with van der Waals surface area (Å²) >= 11 is 2.33. The summed E-state index contributed by atoms with van der Waals surface area (Å²) in [6, 6.07) is 0. The third-order valence-electron chi connectivity index (χ3n) is 1.85. The van der Waals surface area contributed by atoms with E-state index >= 15 is 0 Å². The number of nitrogens with zero attached hydrogens (tertiary/aromatic N) is 1. The van der Waals surface area contributed by atoms with Crippen molar-refractivity contribution in [2.75, 3.05) is 6.54 Å². The van der Waals surface area contributed by atoms with E-state index < -0.39 is 0 Å². The van der Waals surface area contributed by atoms with Gasteiger partial charge in [0, 0.05) is 13.5 Å². The maximum absolute atomic E-state index is 10.9. The first-order chi connectivity index (χ1) is 4.61.